The monoisotopic (exact) mass is 357 g/mol. The molecule has 6 nitrogen and oxygen atoms in total. The summed E-state index contributed by atoms with van der Waals surface area (Å²) in [6.45, 7) is 1.97. The minimum atomic E-state index is 0.551. The van der Waals surface area contributed by atoms with E-state index in [9.17, 15) is 0 Å². The highest BCUT2D eigenvalue weighted by Gasteiger charge is 2.11. The number of hydrogen-bond donors (Lipinski definition) is 1. The van der Waals surface area contributed by atoms with E-state index < -0.39 is 0 Å². The lowest BCUT2D eigenvalue weighted by atomic mass is 10.2. The fourth-order valence-corrected chi connectivity index (χ4v) is 2.80. The third-order valence-electron chi connectivity index (χ3n) is 4.20. The van der Waals surface area contributed by atoms with Crippen molar-refractivity contribution in [3.05, 3.63) is 78.8 Å². The summed E-state index contributed by atoms with van der Waals surface area (Å²) in [6, 6.07) is 19.5. The van der Waals surface area contributed by atoms with E-state index in [2.05, 4.69) is 20.4 Å². The van der Waals surface area contributed by atoms with Crippen LogP contribution in [0.3, 0.4) is 0 Å². The Kier molecular flexibility index (Phi) is 4.53. The molecule has 2 aromatic heterocycles. The molecular formula is C21H19N5O. The zero-order chi connectivity index (χ0) is 18.6. The van der Waals surface area contributed by atoms with Crippen molar-refractivity contribution < 1.29 is 4.74 Å². The van der Waals surface area contributed by atoms with Crippen molar-refractivity contribution in [1.29, 1.82) is 0 Å². The van der Waals surface area contributed by atoms with Crippen LogP contribution in [0.4, 0.5) is 11.6 Å². The third-order valence-corrected chi connectivity index (χ3v) is 4.20. The van der Waals surface area contributed by atoms with Crippen LogP contribution in [-0.4, -0.2) is 26.9 Å². The maximum absolute atomic E-state index is 5.21. The summed E-state index contributed by atoms with van der Waals surface area (Å²) >= 11 is 0. The zero-order valence-corrected chi connectivity index (χ0v) is 15.1. The van der Waals surface area contributed by atoms with Gasteiger partial charge >= 0.3 is 0 Å². The molecule has 4 rings (SSSR count). The highest BCUT2D eigenvalue weighted by Crippen LogP contribution is 2.24. The molecular weight excluding hydrogens is 338 g/mol. The highest BCUT2D eigenvalue weighted by molar-refractivity contribution is 5.64. The second kappa shape index (κ2) is 7.29. The van der Waals surface area contributed by atoms with E-state index in [0.717, 1.165) is 34.1 Å². The normalized spacial score (nSPS) is 10.6. The lowest BCUT2D eigenvalue weighted by molar-refractivity contribution is 0.414. The second-order valence-corrected chi connectivity index (χ2v) is 6.03. The topological polar surface area (TPSA) is 64.9 Å². The molecule has 0 radical (unpaired) electrons. The summed E-state index contributed by atoms with van der Waals surface area (Å²) in [7, 11) is 1.65. The van der Waals surface area contributed by atoms with Crippen LogP contribution < -0.4 is 10.1 Å². The van der Waals surface area contributed by atoms with E-state index in [1.807, 2.05) is 78.5 Å². The van der Waals surface area contributed by atoms with Crippen molar-refractivity contribution in [2.45, 2.75) is 6.92 Å². The standard InChI is InChI=1S/C21H19N5O/c1-15-19(14-26(25-15)17-8-10-18(27-2)11-9-17)20-12-13-22-21(24-20)23-16-6-4-3-5-7-16/h3-14H,1-2H3,(H,22,23,24). The fraction of sp³-hybridized carbons (Fsp3) is 0.0952. The Labute approximate surface area is 157 Å². The van der Waals surface area contributed by atoms with Crippen molar-refractivity contribution in [2.24, 2.45) is 0 Å². The van der Waals surface area contributed by atoms with E-state index in [4.69, 9.17) is 4.74 Å². The molecule has 0 unspecified atom stereocenters. The number of nitrogens with one attached hydrogen (secondary N) is 1. The molecule has 0 aliphatic rings. The van der Waals surface area contributed by atoms with E-state index in [0.29, 0.717) is 5.95 Å². The first kappa shape index (κ1) is 16.8. The van der Waals surface area contributed by atoms with Gasteiger partial charge in [-0.15, -0.1) is 0 Å². The number of hydrogen-bond acceptors (Lipinski definition) is 5. The Morgan fingerprint density at radius 2 is 1.74 bits per heavy atom. The van der Waals surface area contributed by atoms with Crippen LogP contribution in [0.2, 0.25) is 0 Å². The van der Waals surface area contributed by atoms with E-state index in [1.165, 1.54) is 0 Å². The van der Waals surface area contributed by atoms with Crippen LogP contribution >= 0.6 is 0 Å². The molecule has 6 heteroatoms. The minimum absolute atomic E-state index is 0.551. The van der Waals surface area contributed by atoms with Crippen molar-refractivity contribution in [2.75, 3.05) is 12.4 Å². The summed E-state index contributed by atoms with van der Waals surface area (Å²) in [5.41, 5.74) is 4.59. The minimum Gasteiger partial charge on any atom is -0.497 e. The number of benzene rings is 2. The summed E-state index contributed by atoms with van der Waals surface area (Å²) in [4.78, 5) is 8.95. The summed E-state index contributed by atoms with van der Waals surface area (Å²) in [5.74, 6) is 1.37. The molecule has 0 bridgehead atoms. The van der Waals surface area contributed by atoms with Gasteiger partial charge in [-0.1, -0.05) is 18.2 Å². The van der Waals surface area contributed by atoms with Gasteiger partial charge in [-0.2, -0.15) is 5.10 Å². The van der Waals surface area contributed by atoms with E-state index in [1.54, 1.807) is 13.3 Å². The number of para-hydroxylation sites is 1. The van der Waals surface area contributed by atoms with Gasteiger partial charge in [0.2, 0.25) is 5.95 Å². The van der Waals surface area contributed by atoms with Crippen LogP contribution in [0.15, 0.2) is 73.1 Å². The number of aromatic nitrogens is 4. The van der Waals surface area contributed by atoms with Crippen LogP contribution in [0.1, 0.15) is 5.69 Å². The van der Waals surface area contributed by atoms with Gasteiger partial charge in [0, 0.05) is 23.6 Å². The molecule has 0 atom stereocenters. The van der Waals surface area contributed by atoms with Gasteiger partial charge in [0.25, 0.3) is 0 Å². The first-order valence-electron chi connectivity index (χ1n) is 8.59. The van der Waals surface area contributed by atoms with Crippen LogP contribution in [0, 0.1) is 6.92 Å². The molecule has 0 fully saturated rings. The van der Waals surface area contributed by atoms with Crippen LogP contribution in [-0.2, 0) is 0 Å². The molecule has 1 N–H and O–H groups in total. The highest BCUT2D eigenvalue weighted by atomic mass is 16.5. The Morgan fingerprint density at radius 1 is 0.963 bits per heavy atom. The molecule has 0 aliphatic carbocycles. The maximum atomic E-state index is 5.21. The molecule has 0 saturated heterocycles. The fourth-order valence-electron chi connectivity index (χ4n) is 2.80. The number of ether oxygens (including phenoxy) is 1. The van der Waals surface area contributed by atoms with Crippen LogP contribution in [0.25, 0.3) is 16.9 Å². The lowest BCUT2D eigenvalue weighted by Gasteiger charge is -2.06. The molecule has 2 heterocycles. The number of rotatable bonds is 5. The Hall–Kier alpha value is -3.67. The number of nitrogens with zero attached hydrogens (tertiary/aromatic N) is 4. The number of methoxy groups -OCH3 is 1. The predicted molar refractivity (Wildman–Crippen MR) is 106 cm³/mol. The Morgan fingerprint density at radius 3 is 2.48 bits per heavy atom. The van der Waals surface area contributed by atoms with Gasteiger partial charge in [-0.3, -0.25) is 0 Å². The Balaban J connectivity index is 1.63. The van der Waals surface area contributed by atoms with E-state index >= 15 is 0 Å². The van der Waals surface area contributed by atoms with Gasteiger partial charge in [0.1, 0.15) is 5.75 Å². The lowest BCUT2D eigenvalue weighted by Crippen LogP contribution is -1.97. The SMILES string of the molecule is COc1ccc(-n2cc(-c3ccnc(Nc4ccccc4)n3)c(C)n2)cc1. The molecule has 0 spiro atoms. The van der Waals surface area contributed by atoms with Crippen molar-refractivity contribution in [3.8, 4) is 22.7 Å². The number of aryl methyl sites for hydroxylation is 1. The van der Waals surface area contributed by atoms with E-state index in [-0.39, 0.29) is 0 Å². The van der Waals surface area contributed by atoms with Gasteiger partial charge in [-0.25, -0.2) is 14.6 Å². The van der Waals surface area contributed by atoms with Gasteiger partial charge in [-0.05, 0) is 49.4 Å². The smallest absolute Gasteiger partial charge is 0.227 e. The van der Waals surface area contributed by atoms with Gasteiger partial charge < -0.3 is 10.1 Å². The second-order valence-electron chi connectivity index (χ2n) is 6.03. The largest absolute Gasteiger partial charge is 0.497 e. The predicted octanol–water partition coefficient (Wildman–Crippen LogP) is 4.39. The number of anilines is 2. The Bertz CT molecular complexity index is 1040. The first-order valence-corrected chi connectivity index (χ1v) is 8.59. The summed E-state index contributed by atoms with van der Waals surface area (Å²) in [5, 5.41) is 7.84. The molecule has 0 aliphatic heterocycles. The molecule has 134 valence electrons. The van der Waals surface area contributed by atoms with Gasteiger partial charge in [0.15, 0.2) is 0 Å². The van der Waals surface area contributed by atoms with Crippen molar-refractivity contribution in [1.82, 2.24) is 19.7 Å². The third kappa shape index (κ3) is 3.64. The molecule has 4 aromatic rings. The molecule has 27 heavy (non-hydrogen) atoms. The summed E-state index contributed by atoms with van der Waals surface area (Å²) in [6.07, 6.45) is 3.73. The molecule has 0 saturated carbocycles. The average molecular weight is 357 g/mol. The van der Waals surface area contributed by atoms with Crippen molar-refractivity contribution in [3.63, 3.8) is 0 Å². The van der Waals surface area contributed by atoms with Crippen LogP contribution in [0.5, 0.6) is 5.75 Å². The average Bonchev–Trinajstić information content (AvgIpc) is 3.11. The van der Waals surface area contributed by atoms with Crippen molar-refractivity contribution >= 4 is 11.6 Å². The summed E-state index contributed by atoms with van der Waals surface area (Å²) < 4.78 is 7.06. The maximum Gasteiger partial charge on any atom is 0.227 e. The molecule has 2 aromatic carbocycles. The first-order chi connectivity index (χ1) is 13.2. The van der Waals surface area contributed by atoms with Gasteiger partial charge in [0.05, 0.1) is 24.2 Å². The molecule has 0 amide bonds. The zero-order valence-electron chi connectivity index (χ0n) is 15.1. The quantitative estimate of drug-likeness (QED) is 0.574.